The lowest BCUT2D eigenvalue weighted by Gasteiger charge is -2.38. The molecule has 0 aromatic heterocycles. The zero-order valence-electron chi connectivity index (χ0n) is 14.7. The molecule has 27 heavy (non-hydrogen) atoms. The highest BCUT2D eigenvalue weighted by Gasteiger charge is 2.41. The number of hydrogen-bond donors (Lipinski definition) is 2. The monoisotopic (exact) mass is 378 g/mol. The van der Waals surface area contributed by atoms with Crippen LogP contribution in [0.4, 0.5) is 13.2 Å². The Hall–Kier alpha value is -2.38. The zero-order chi connectivity index (χ0) is 19.4. The number of nitrogens with zero attached hydrogens (tertiary/aromatic N) is 1. The van der Waals surface area contributed by atoms with E-state index in [1.807, 2.05) is 0 Å². The van der Waals surface area contributed by atoms with Crippen molar-refractivity contribution in [2.75, 3.05) is 13.1 Å². The van der Waals surface area contributed by atoms with Crippen LogP contribution < -0.4 is 5.32 Å². The molecule has 0 spiro atoms. The van der Waals surface area contributed by atoms with Crippen LogP contribution in [-0.4, -0.2) is 34.6 Å². The Morgan fingerprint density at radius 1 is 1.07 bits per heavy atom. The number of carbonyl (C=O) groups excluding carboxylic acids is 1. The van der Waals surface area contributed by atoms with Crippen molar-refractivity contribution in [3.63, 3.8) is 0 Å². The number of aliphatic hydroxyl groups is 1. The third-order valence-electron chi connectivity index (χ3n) is 4.70. The van der Waals surface area contributed by atoms with Crippen LogP contribution >= 0.6 is 0 Å². The third kappa shape index (κ3) is 4.67. The van der Waals surface area contributed by atoms with E-state index in [-0.39, 0.29) is 18.9 Å². The molecule has 3 rings (SSSR count). The first-order valence-electron chi connectivity index (χ1n) is 8.78. The molecule has 1 heterocycles. The van der Waals surface area contributed by atoms with E-state index in [2.05, 4.69) is 5.32 Å². The number of nitrogens with one attached hydrogen (secondary N) is 1. The first-order valence-corrected chi connectivity index (χ1v) is 8.78. The molecule has 0 unspecified atom stereocenters. The first kappa shape index (κ1) is 19.4. The van der Waals surface area contributed by atoms with Gasteiger partial charge in [0, 0.05) is 26.2 Å². The number of piperidine rings is 1. The van der Waals surface area contributed by atoms with E-state index < -0.39 is 23.1 Å². The van der Waals surface area contributed by atoms with Gasteiger partial charge in [-0.25, -0.2) is 13.2 Å². The second kappa shape index (κ2) is 8.10. The fourth-order valence-electron chi connectivity index (χ4n) is 3.30. The largest absolute Gasteiger partial charge is 0.379 e. The molecule has 2 aromatic carbocycles. The van der Waals surface area contributed by atoms with Crippen molar-refractivity contribution in [2.24, 2.45) is 0 Å². The Labute approximate surface area is 155 Å². The summed E-state index contributed by atoms with van der Waals surface area (Å²) in [6, 6.07) is 9.56. The summed E-state index contributed by atoms with van der Waals surface area (Å²) in [6.45, 7) is 0.874. The summed E-state index contributed by atoms with van der Waals surface area (Å²) in [6.07, 6.45) is 0.893. The van der Waals surface area contributed by atoms with E-state index in [1.165, 1.54) is 23.1 Å². The molecule has 1 saturated heterocycles. The summed E-state index contributed by atoms with van der Waals surface area (Å²) in [5.74, 6) is -2.71. The van der Waals surface area contributed by atoms with Gasteiger partial charge >= 0.3 is 0 Å². The van der Waals surface area contributed by atoms with Gasteiger partial charge < -0.3 is 15.3 Å². The van der Waals surface area contributed by atoms with Crippen molar-refractivity contribution >= 4 is 5.91 Å². The van der Waals surface area contributed by atoms with Crippen LogP contribution in [0, 0.1) is 17.5 Å². The first-order chi connectivity index (χ1) is 12.9. The SMILES string of the molecule is O=C1N(Cc2ccc(F)c(F)c2)CCC[C@@]1(O)CNCc1cccc(F)c1. The third-order valence-corrected chi connectivity index (χ3v) is 4.70. The quantitative estimate of drug-likeness (QED) is 0.813. The Bertz CT molecular complexity index is 831. The lowest BCUT2D eigenvalue weighted by Crippen LogP contribution is -2.57. The topological polar surface area (TPSA) is 52.6 Å². The standard InChI is InChI=1S/C20H21F3N2O2/c21-16-4-1-3-14(9-16)11-24-13-20(27)7-2-8-25(19(20)26)12-15-5-6-17(22)18(23)10-15/h1,3-6,9-10,24,27H,2,7-8,11-13H2/t20-/m1/s1. The van der Waals surface area contributed by atoms with Gasteiger partial charge in [-0.3, -0.25) is 4.79 Å². The number of carbonyl (C=O) groups is 1. The lowest BCUT2D eigenvalue weighted by molar-refractivity contribution is -0.157. The average molecular weight is 378 g/mol. The molecule has 144 valence electrons. The number of benzene rings is 2. The Kier molecular flexibility index (Phi) is 5.82. The van der Waals surface area contributed by atoms with Crippen molar-refractivity contribution < 1.29 is 23.1 Å². The van der Waals surface area contributed by atoms with E-state index in [0.29, 0.717) is 37.1 Å². The van der Waals surface area contributed by atoms with E-state index >= 15 is 0 Å². The van der Waals surface area contributed by atoms with Crippen LogP contribution in [0.2, 0.25) is 0 Å². The molecule has 0 bridgehead atoms. The minimum Gasteiger partial charge on any atom is -0.379 e. The summed E-state index contributed by atoms with van der Waals surface area (Å²) >= 11 is 0. The van der Waals surface area contributed by atoms with Gasteiger partial charge in [-0.2, -0.15) is 0 Å². The second-order valence-electron chi connectivity index (χ2n) is 6.84. The molecule has 1 amide bonds. The molecular weight excluding hydrogens is 357 g/mol. The highest BCUT2D eigenvalue weighted by atomic mass is 19.2. The molecule has 0 saturated carbocycles. The maximum atomic E-state index is 13.4. The van der Waals surface area contributed by atoms with E-state index in [0.717, 1.165) is 12.1 Å². The van der Waals surface area contributed by atoms with Gasteiger partial charge in [0.2, 0.25) is 0 Å². The van der Waals surface area contributed by atoms with E-state index in [1.54, 1.807) is 12.1 Å². The van der Waals surface area contributed by atoms with Gasteiger partial charge in [0.1, 0.15) is 5.82 Å². The number of rotatable bonds is 6. The van der Waals surface area contributed by atoms with Crippen LogP contribution in [0.3, 0.4) is 0 Å². The Balaban J connectivity index is 1.61. The van der Waals surface area contributed by atoms with Crippen molar-refractivity contribution in [3.05, 3.63) is 71.0 Å². The van der Waals surface area contributed by atoms with Crippen molar-refractivity contribution in [2.45, 2.75) is 31.5 Å². The predicted octanol–water partition coefficient (Wildman–Crippen LogP) is 2.75. The Morgan fingerprint density at radius 3 is 2.63 bits per heavy atom. The van der Waals surface area contributed by atoms with Crippen LogP contribution in [0.5, 0.6) is 0 Å². The normalized spacial score (nSPS) is 20.1. The summed E-state index contributed by atoms with van der Waals surface area (Å²) in [7, 11) is 0. The van der Waals surface area contributed by atoms with Gasteiger partial charge in [-0.15, -0.1) is 0 Å². The number of amides is 1. The van der Waals surface area contributed by atoms with Gasteiger partial charge in [-0.1, -0.05) is 18.2 Å². The fourth-order valence-corrected chi connectivity index (χ4v) is 3.30. The van der Waals surface area contributed by atoms with Gasteiger partial charge in [0.25, 0.3) is 5.91 Å². The molecule has 1 aliphatic rings. The molecular formula is C20H21F3N2O2. The molecule has 4 nitrogen and oxygen atoms in total. The van der Waals surface area contributed by atoms with Crippen LogP contribution in [0.25, 0.3) is 0 Å². The van der Waals surface area contributed by atoms with E-state index in [9.17, 15) is 23.1 Å². The smallest absolute Gasteiger partial charge is 0.256 e. The van der Waals surface area contributed by atoms with E-state index in [4.69, 9.17) is 0 Å². The minimum absolute atomic E-state index is 0.0244. The summed E-state index contributed by atoms with van der Waals surface area (Å²) in [5, 5.41) is 13.8. The number of likely N-dealkylation sites (tertiary alicyclic amines) is 1. The molecule has 7 heteroatoms. The maximum Gasteiger partial charge on any atom is 0.256 e. The minimum atomic E-state index is -1.58. The van der Waals surface area contributed by atoms with Crippen molar-refractivity contribution in [1.82, 2.24) is 10.2 Å². The lowest BCUT2D eigenvalue weighted by atomic mass is 9.91. The average Bonchev–Trinajstić information content (AvgIpc) is 2.62. The molecule has 1 fully saturated rings. The highest BCUT2D eigenvalue weighted by molar-refractivity contribution is 5.86. The van der Waals surface area contributed by atoms with Crippen LogP contribution in [-0.2, 0) is 17.9 Å². The number of halogens is 3. The fraction of sp³-hybridized carbons (Fsp3) is 0.350. The second-order valence-corrected chi connectivity index (χ2v) is 6.84. The molecule has 1 aliphatic heterocycles. The summed E-state index contributed by atoms with van der Waals surface area (Å²) < 4.78 is 39.6. The number of hydrogen-bond acceptors (Lipinski definition) is 3. The maximum absolute atomic E-state index is 13.4. The zero-order valence-corrected chi connectivity index (χ0v) is 14.7. The van der Waals surface area contributed by atoms with Crippen LogP contribution in [0.15, 0.2) is 42.5 Å². The molecule has 2 N–H and O–H groups in total. The van der Waals surface area contributed by atoms with Gasteiger partial charge in [0.15, 0.2) is 17.2 Å². The molecule has 2 aromatic rings. The highest BCUT2D eigenvalue weighted by Crippen LogP contribution is 2.24. The molecule has 1 atom stereocenters. The van der Waals surface area contributed by atoms with Crippen molar-refractivity contribution in [1.29, 1.82) is 0 Å². The molecule has 0 aliphatic carbocycles. The molecule has 0 radical (unpaired) electrons. The van der Waals surface area contributed by atoms with Gasteiger partial charge in [0.05, 0.1) is 0 Å². The summed E-state index contributed by atoms with van der Waals surface area (Å²) in [5.41, 5.74) is -0.413. The van der Waals surface area contributed by atoms with Crippen molar-refractivity contribution in [3.8, 4) is 0 Å². The van der Waals surface area contributed by atoms with Crippen LogP contribution in [0.1, 0.15) is 24.0 Å². The predicted molar refractivity (Wildman–Crippen MR) is 94.1 cm³/mol. The van der Waals surface area contributed by atoms with Gasteiger partial charge in [-0.05, 0) is 48.2 Å². The Morgan fingerprint density at radius 2 is 1.89 bits per heavy atom. The summed E-state index contributed by atoms with van der Waals surface area (Å²) in [4.78, 5) is 14.2.